The largest absolute Gasteiger partial charge is 0.495 e. The molecule has 0 fully saturated rings. The van der Waals surface area contributed by atoms with Crippen LogP contribution in [0.25, 0.3) is 0 Å². The summed E-state index contributed by atoms with van der Waals surface area (Å²) in [6.07, 6.45) is 2.85. The molecule has 2 aromatic rings. The number of halogens is 1. The van der Waals surface area contributed by atoms with Crippen LogP contribution in [0.4, 0.5) is 5.13 Å². The van der Waals surface area contributed by atoms with Gasteiger partial charge in [-0.25, -0.2) is 4.98 Å². The zero-order chi connectivity index (χ0) is 13.8. The van der Waals surface area contributed by atoms with Gasteiger partial charge in [-0.05, 0) is 24.1 Å². The van der Waals surface area contributed by atoms with Gasteiger partial charge in [0.15, 0.2) is 5.13 Å². The zero-order valence-corrected chi connectivity index (χ0v) is 12.6. The Labute approximate surface area is 122 Å². The second-order valence-electron chi connectivity index (χ2n) is 4.32. The van der Waals surface area contributed by atoms with Crippen molar-refractivity contribution >= 4 is 28.1 Å². The van der Waals surface area contributed by atoms with Crippen LogP contribution in [0.5, 0.6) is 5.75 Å². The molecule has 1 aromatic heterocycles. The molecule has 1 heterocycles. The van der Waals surface area contributed by atoms with Crippen molar-refractivity contribution in [3.05, 3.63) is 39.4 Å². The molecule has 0 saturated carbocycles. The number of nitrogen functional groups attached to an aromatic ring is 1. The minimum Gasteiger partial charge on any atom is -0.495 e. The Kier molecular flexibility index (Phi) is 4.66. The fourth-order valence-corrected chi connectivity index (χ4v) is 3.08. The van der Waals surface area contributed by atoms with Crippen molar-refractivity contribution in [3.63, 3.8) is 0 Å². The number of benzene rings is 1. The van der Waals surface area contributed by atoms with E-state index >= 15 is 0 Å². The Balaban J connectivity index is 2.25. The van der Waals surface area contributed by atoms with Gasteiger partial charge in [0.1, 0.15) is 5.75 Å². The first-order valence-electron chi connectivity index (χ1n) is 6.20. The van der Waals surface area contributed by atoms with E-state index in [0.717, 1.165) is 30.5 Å². The SMILES string of the molecule is CCCc1nc(N)sc1Cc1ccc(Cl)c(OC)c1. The van der Waals surface area contributed by atoms with Crippen molar-refractivity contribution in [1.82, 2.24) is 4.98 Å². The molecule has 0 aliphatic carbocycles. The lowest BCUT2D eigenvalue weighted by Crippen LogP contribution is -1.94. The quantitative estimate of drug-likeness (QED) is 0.909. The highest BCUT2D eigenvalue weighted by Crippen LogP contribution is 2.29. The van der Waals surface area contributed by atoms with Crippen LogP contribution in [-0.2, 0) is 12.8 Å². The van der Waals surface area contributed by atoms with E-state index in [-0.39, 0.29) is 0 Å². The van der Waals surface area contributed by atoms with Gasteiger partial charge in [0, 0.05) is 11.3 Å². The molecule has 0 aliphatic heterocycles. The van der Waals surface area contributed by atoms with E-state index in [4.69, 9.17) is 22.1 Å². The topological polar surface area (TPSA) is 48.1 Å². The molecular weight excluding hydrogens is 280 g/mol. The van der Waals surface area contributed by atoms with E-state index in [0.29, 0.717) is 15.9 Å². The Morgan fingerprint density at radius 3 is 2.89 bits per heavy atom. The molecular formula is C14H17ClN2OS. The van der Waals surface area contributed by atoms with Crippen LogP contribution < -0.4 is 10.5 Å². The number of methoxy groups -OCH3 is 1. The minimum absolute atomic E-state index is 0.629. The summed E-state index contributed by atoms with van der Waals surface area (Å²) in [7, 11) is 1.62. The number of aryl methyl sites for hydroxylation is 1. The van der Waals surface area contributed by atoms with Crippen molar-refractivity contribution < 1.29 is 4.74 Å². The lowest BCUT2D eigenvalue weighted by Gasteiger charge is -2.06. The van der Waals surface area contributed by atoms with E-state index < -0.39 is 0 Å². The number of aromatic nitrogens is 1. The monoisotopic (exact) mass is 296 g/mol. The number of ether oxygens (including phenoxy) is 1. The summed E-state index contributed by atoms with van der Waals surface area (Å²) in [5, 5.41) is 1.27. The first-order valence-corrected chi connectivity index (χ1v) is 7.40. The standard InChI is InChI=1S/C14H17ClN2OS/c1-3-4-11-13(19-14(16)17-11)8-9-5-6-10(15)12(7-9)18-2/h5-7H,3-4,8H2,1-2H3,(H2,16,17). The summed E-state index contributed by atoms with van der Waals surface area (Å²) in [4.78, 5) is 5.62. The van der Waals surface area contributed by atoms with Crippen LogP contribution in [0.15, 0.2) is 18.2 Å². The molecule has 0 unspecified atom stereocenters. The molecule has 3 nitrogen and oxygen atoms in total. The molecule has 0 aliphatic rings. The smallest absolute Gasteiger partial charge is 0.180 e. The zero-order valence-electron chi connectivity index (χ0n) is 11.1. The van der Waals surface area contributed by atoms with Crippen molar-refractivity contribution in [2.45, 2.75) is 26.2 Å². The number of hydrogen-bond acceptors (Lipinski definition) is 4. The average Bonchev–Trinajstić information content (AvgIpc) is 2.72. The van der Waals surface area contributed by atoms with Gasteiger partial charge in [0.2, 0.25) is 0 Å². The molecule has 2 N–H and O–H groups in total. The van der Waals surface area contributed by atoms with Gasteiger partial charge < -0.3 is 10.5 Å². The maximum Gasteiger partial charge on any atom is 0.180 e. The van der Waals surface area contributed by atoms with Crippen LogP contribution in [0.3, 0.4) is 0 Å². The summed E-state index contributed by atoms with van der Waals surface area (Å²) in [5.41, 5.74) is 8.07. The van der Waals surface area contributed by atoms with E-state index in [9.17, 15) is 0 Å². The molecule has 102 valence electrons. The third kappa shape index (κ3) is 3.39. The molecule has 2 rings (SSSR count). The molecule has 0 amide bonds. The van der Waals surface area contributed by atoms with Gasteiger partial charge in [-0.2, -0.15) is 0 Å². The van der Waals surface area contributed by atoms with Crippen molar-refractivity contribution in [3.8, 4) is 5.75 Å². The number of nitrogens with zero attached hydrogens (tertiary/aromatic N) is 1. The normalized spacial score (nSPS) is 10.7. The highest BCUT2D eigenvalue weighted by atomic mass is 35.5. The molecule has 0 saturated heterocycles. The van der Waals surface area contributed by atoms with Crippen LogP contribution in [0.2, 0.25) is 5.02 Å². The number of thiazole rings is 1. The van der Waals surface area contributed by atoms with E-state index in [1.165, 1.54) is 4.88 Å². The van der Waals surface area contributed by atoms with Crippen molar-refractivity contribution in [1.29, 1.82) is 0 Å². The molecule has 1 aromatic carbocycles. The fraction of sp³-hybridized carbons (Fsp3) is 0.357. The molecule has 5 heteroatoms. The summed E-state index contributed by atoms with van der Waals surface area (Å²) in [6, 6.07) is 5.84. The summed E-state index contributed by atoms with van der Waals surface area (Å²) in [6.45, 7) is 2.14. The summed E-state index contributed by atoms with van der Waals surface area (Å²) < 4.78 is 5.24. The molecule has 0 bridgehead atoms. The van der Waals surface area contributed by atoms with Crippen molar-refractivity contribution in [2.75, 3.05) is 12.8 Å². The van der Waals surface area contributed by atoms with Gasteiger partial charge in [-0.3, -0.25) is 0 Å². The molecule has 0 spiro atoms. The number of hydrogen-bond donors (Lipinski definition) is 1. The first-order chi connectivity index (χ1) is 9.13. The third-order valence-electron chi connectivity index (χ3n) is 2.86. The number of nitrogens with two attached hydrogens (primary N) is 1. The molecule has 19 heavy (non-hydrogen) atoms. The Morgan fingerprint density at radius 2 is 2.21 bits per heavy atom. The van der Waals surface area contributed by atoms with Gasteiger partial charge in [0.05, 0.1) is 17.8 Å². The second kappa shape index (κ2) is 6.26. The van der Waals surface area contributed by atoms with E-state index in [1.807, 2.05) is 18.2 Å². The fourth-order valence-electron chi connectivity index (χ4n) is 1.97. The Morgan fingerprint density at radius 1 is 1.42 bits per heavy atom. The maximum absolute atomic E-state index is 6.03. The number of anilines is 1. The predicted octanol–water partition coefficient (Wildman–Crippen LogP) is 3.93. The maximum atomic E-state index is 6.03. The highest BCUT2D eigenvalue weighted by Gasteiger charge is 2.11. The highest BCUT2D eigenvalue weighted by molar-refractivity contribution is 7.15. The van der Waals surface area contributed by atoms with Crippen molar-refractivity contribution in [2.24, 2.45) is 0 Å². The van der Waals surface area contributed by atoms with E-state index in [1.54, 1.807) is 18.4 Å². The minimum atomic E-state index is 0.629. The average molecular weight is 297 g/mol. The Hall–Kier alpha value is -1.26. The van der Waals surface area contributed by atoms with Crippen LogP contribution in [0.1, 0.15) is 29.5 Å². The van der Waals surface area contributed by atoms with Gasteiger partial charge >= 0.3 is 0 Å². The first kappa shape index (κ1) is 14.2. The molecule has 0 radical (unpaired) electrons. The van der Waals surface area contributed by atoms with Crippen LogP contribution >= 0.6 is 22.9 Å². The summed E-state index contributed by atoms with van der Waals surface area (Å²) >= 11 is 7.59. The van der Waals surface area contributed by atoms with Crippen LogP contribution in [-0.4, -0.2) is 12.1 Å². The van der Waals surface area contributed by atoms with Gasteiger partial charge in [0.25, 0.3) is 0 Å². The predicted molar refractivity (Wildman–Crippen MR) is 81.3 cm³/mol. The summed E-state index contributed by atoms with van der Waals surface area (Å²) in [5.74, 6) is 0.702. The second-order valence-corrected chi connectivity index (χ2v) is 5.84. The van der Waals surface area contributed by atoms with E-state index in [2.05, 4.69) is 11.9 Å². The lowest BCUT2D eigenvalue weighted by molar-refractivity contribution is 0.414. The molecule has 0 atom stereocenters. The lowest BCUT2D eigenvalue weighted by atomic mass is 10.1. The Bertz CT molecular complexity index is 569. The van der Waals surface area contributed by atoms with Gasteiger partial charge in [-0.1, -0.05) is 31.0 Å². The van der Waals surface area contributed by atoms with Crippen LogP contribution in [0, 0.1) is 0 Å². The van der Waals surface area contributed by atoms with Gasteiger partial charge in [-0.15, -0.1) is 11.3 Å². The third-order valence-corrected chi connectivity index (χ3v) is 4.10. The number of rotatable bonds is 5.